The van der Waals surface area contributed by atoms with E-state index >= 15 is 0 Å². The number of amides is 1. The van der Waals surface area contributed by atoms with Gasteiger partial charge in [-0.05, 0) is 25.0 Å². The number of nitro groups is 1. The van der Waals surface area contributed by atoms with Crippen molar-refractivity contribution in [2.45, 2.75) is 18.9 Å². The topological polar surface area (TPSA) is 72.7 Å². The number of rotatable bonds is 4. The maximum absolute atomic E-state index is 12.4. The molecule has 0 aliphatic carbocycles. The summed E-state index contributed by atoms with van der Waals surface area (Å²) in [4.78, 5) is 24.5. The second-order valence-corrected chi connectivity index (χ2v) is 4.90. The Labute approximate surface area is 121 Å². The molecule has 0 spiro atoms. The molecule has 20 heavy (non-hydrogen) atoms. The number of carbonyl (C=O) groups excluding carboxylic acids is 1. The van der Waals surface area contributed by atoms with Crippen LogP contribution in [0.5, 0.6) is 5.75 Å². The highest BCUT2D eigenvalue weighted by molar-refractivity contribution is 6.18. The molecule has 1 atom stereocenters. The Kier molecular flexibility index (Phi) is 4.44. The zero-order valence-corrected chi connectivity index (χ0v) is 11.8. The van der Waals surface area contributed by atoms with E-state index in [0.29, 0.717) is 12.4 Å². The minimum atomic E-state index is -0.557. The quantitative estimate of drug-likeness (QED) is 0.486. The minimum Gasteiger partial charge on any atom is -0.490 e. The van der Waals surface area contributed by atoms with Gasteiger partial charge in [-0.3, -0.25) is 14.9 Å². The molecule has 1 aromatic carbocycles. The number of ether oxygens (including phenoxy) is 1. The summed E-state index contributed by atoms with van der Waals surface area (Å²) in [6.07, 6.45) is 1.77. The third kappa shape index (κ3) is 2.70. The molecule has 0 N–H and O–H groups in total. The lowest BCUT2D eigenvalue weighted by Crippen LogP contribution is -2.36. The van der Waals surface area contributed by atoms with Gasteiger partial charge in [0.1, 0.15) is 0 Å². The summed E-state index contributed by atoms with van der Waals surface area (Å²) in [5.41, 5.74) is 0.0782. The lowest BCUT2D eigenvalue weighted by molar-refractivity contribution is -0.385. The molecule has 1 aliphatic heterocycles. The number of alkyl halides is 1. The maximum Gasteiger partial charge on any atom is 0.311 e. The van der Waals surface area contributed by atoms with Crippen molar-refractivity contribution in [3.8, 4) is 5.75 Å². The SMILES string of the molecule is COc1ccc(C(=O)N2CCCC2CCl)cc1[N+](=O)[O-]. The maximum atomic E-state index is 12.4. The van der Waals surface area contributed by atoms with E-state index in [4.69, 9.17) is 16.3 Å². The predicted octanol–water partition coefficient (Wildman–Crippen LogP) is 2.45. The molecule has 1 amide bonds. The van der Waals surface area contributed by atoms with Gasteiger partial charge in [0, 0.05) is 30.1 Å². The number of likely N-dealkylation sites (tertiary alicyclic amines) is 1. The van der Waals surface area contributed by atoms with Crippen LogP contribution in [0.25, 0.3) is 0 Å². The van der Waals surface area contributed by atoms with E-state index in [-0.39, 0.29) is 28.9 Å². The van der Waals surface area contributed by atoms with Crippen molar-refractivity contribution in [3.63, 3.8) is 0 Å². The fourth-order valence-corrected chi connectivity index (χ4v) is 2.72. The molecule has 0 saturated carbocycles. The summed E-state index contributed by atoms with van der Waals surface area (Å²) in [5, 5.41) is 11.0. The molecule has 1 saturated heterocycles. The number of hydrogen-bond donors (Lipinski definition) is 0. The van der Waals surface area contributed by atoms with Gasteiger partial charge in [0.05, 0.1) is 12.0 Å². The standard InChI is InChI=1S/C13H15ClN2O4/c1-20-12-5-4-9(7-11(12)16(18)19)13(17)15-6-2-3-10(15)8-14/h4-5,7,10H,2-3,6,8H2,1H3. The minimum absolute atomic E-state index is 0.00493. The van der Waals surface area contributed by atoms with Crippen molar-refractivity contribution in [2.24, 2.45) is 0 Å². The van der Waals surface area contributed by atoms with Crippen molar-refractivity contribution in [1.82, 2.24) is 4.90 Å². The summed E-state index contributed by atoms with van der Waals surface area (Å²) < 4.78 is 4.92. The average molecular weight is 299 g/mol. The third-order valence-corrected chi connectivity index (χ3v) is 3.79. The summed E-state index contributed by atoms with van der Waals surface area (Å²) in [6, 6.07) is 4.24. The van der Waals surface area contributed by atoms with E-state index in [1.54, 1.807) is 4.90 Å². The van der Waals surface area contributed by atoms with Crippen LogP contribution in [-0.4, -0.2) is 41.3 Å². The van der Waals surface area contributed by atoms with Crippen molar-refractivity contribution in [3.05, 3.63) is 33.9 Å². The molecule has 1 unspecified atom stereocenters. The van der Waals surface area contributed by atoms with Crippen LogP contribution in [0.4, 0.5) is 5.69 Å². The highest BCUT2D eigenvalue weighted by Gasteiger charge is 2.30. The number of nitro benzene ring substituents is 1. The molecule has 6 nitrogen and oxygen atoms in total. The summed E-state index contributed by atoms with van der Waals surface area (Å²) >= 11 is 5.84. The second kappa shape index (κ2) is 6.09. The largest absolute Gasteiger partial charge is 0.490 e. The first-order valence-electron chi connectivity index (χ1n) is 6.28. The van der Waals surface area contributed by atoms with Gasteiger partial charge in [0.25, 0.3) is 5.91 Å². The van der Waals surface area contributed by atoms with Gasteiger partial charge < -0.3 is 9.64 Å². The fraction of sp³-hybridized carbons (Fsp3) is 0.462. The zero-order chi connectivity index (χ0) is 14.7. The molecule has 1 aromatic rings. The summed E-state index contributed by atoms with van der Waals surface area (Å²) in [5.74, 6) is 0.296. The summed E-state index contributed by atoms with van der Waals surface area (Å²) in [7, 11) is 1.35. The van der Waals surface area contributed by atoms with E-state index in [0.717, 1.165) is 12.8 Å². The van der Waals surface area contributed by atoms with Gasteiger partial charge in [-0.1, -0.05) is 0 Å². The number of carbonyl (C=O) groups is 1. The van der Waals surface area contributed by atoms with Crippen LogP contribution in [0.3, 0.4) is 0 Å². The molecular weight excluding hydrogens is 284 g/mol. The van der Waals surface area contributed by atoms with Crippen LogP contribution in [0.1, 0.15) is 23.2 Å². The molecule has 0 bridgehead atoms. The molecule has 1 heterocycles. The number of hydrogen-bond acceptors (Lipinski definition) is 4. The molecule has 1 aliphatic rings. The van der Waals surface area contributed by atoms with Gasteiger partial charge in [-0.25, -0.2) is 0 Å². The van der Waals surface area contributed by atoms with E-state index in [9.17, 15) is 14.9 Å². The third-order valence-electron chi connectivity index (χ3n) is 3.44. The van der Waals surface area contributed by atoms with Crippen LogP contribution in [0, 0.1) is 10.1 Å². The molecule has 0 aromatic heterocycles. The van der Waals surface area contributed by atoms with E-state index in [1.165, 1.54) is 25.3 Å². The van der Waals surface area contributed by atoms with Crippen molar-refractivity contribution < 1.29 is 14.5 Å². The van der Waals surface area contributed by atoms with E-state index < -0.39 is 4.92 Å². The van der Waals surface area contributed by atoms with E-state index in [2.05, 4.69) is 0 Å². The normalized spacial score (nSPS) is 18.1. The van der Waals surface area contributed by atoms with Crippen LogP contribution in [-0.2, 0) is 0 Å². The first-order valence-corrected chi connectivity index (χ1v) is 6.81. The number of methoxy groups -OCH3 is 1. The van der Waals surface area contributed by atoms with Crippen molar-refractivity contribution >= 4 is 23.2 Å². The highest BCUT2D eigenvalue weighted by Crippen LogP contribution is 2.29. The Morgan fingerprint density at radius 1 is 1.60 bits per heavy atom. The van der Waals surface area contributed by atoms with Gasteiger partial charge in [-0.15, -0.1) is 11.6 Å². The average Bonchev–Trinajstić information content (AvgIpc) is 2.94. The Bertz CT molecular complexity index is 535. The monoisotopic (exact) mass is 298 g/mol. The highest BCUT2D eigenvalue weighted by atomic mass is 35.5. The second-order valence-electron chi connectivity index (χ2n) is 4.59. The lowest BCUT2D eigenvalue weighted by Gasteiger charge is -2.22. The van der Waals surface area contributed by atoms with Gasteiger partial charge in [0.15, 0.2) is 5.75 Å². The molecule has 7 heteroatoms. The van der Waals surface area contributed by atoms with Crippen molar-refractivity contribution in [1.29, 1.82) is 0 Å². The zero-order valence-electron chi connectivity index (χ0n) is 11.0. The molecule has 108 valence electrons. The Morgan fingerprint density at radius 3 is 2.95 bits per heavy atom. The first-order chi connectivity index (χ1) is 9.58. The number of benzene rings is 1. The van der Waals surface area contributed by atoms with Crippen LogP contribution in [0.15, 0.2) is 18.2 Å². The smallest absolute Gasteiger partial charge is 0.311 e. The molecule has 2 rings (SSSR count). The Hall–Kier alpha value is -1.82. The molecule has 0 radical (unpaired) electrons. The van der Waals surface area contributed by atoms with Crippen molar-refractivity contribution in [2.75, 3.05) is 19.5 Å². The van der Waals surface area contributed by atoms with E-state index in [1.807, 2.05) is 0 Å². The molecule has 1 fully saturated rings. The Balaban J connectivity index is 2.31. The predicted molar refractivity (Wildman–Crippen MR) is 74.4 cm³/mol. The summed E-state index contributed by atoms with van der Waals surface area (Å²) in [6.45, 7) is 0.635. The number of halogens is 1. The van der Waals surface area contributed by atoms with Gasteiger partial charge >= 0.3 is 5.69 Å². The van der Waals surface area contributed by atoms with Gasteiger partial charge in [0.2, 0.25) is 0 Å². The van der Waals surface area contributed by atoms with Crippen LogP contribution in [0.2, 0.25) is 0 Å². The number of nitrogens with zero attached hydrogens (tertiary/aromatic N) is 2. The van der Waals surface area contributed by atoms with Gasteiger partial charge in [-0.2, -0.15) is 0 Å². The first kappa shape index (κ1) is 14.6. The lowest BCUT2D eigenvalue weighted by atomic mass is 10.1. The molecular formula is C13H15ClN2O4. The Morgan fingerprint density at radius 2 is 2.35 bits per heavy atom. The van der Waals surface area contributed by atoms with Crippen LogP contribution >= 0.6 is 11.6 Å². The fourth-order valence-electron chi connectivity index (χ4n) is 2.40. The van der Waals surface area contributed by atoms with Crippen LogP contribution < -0.4 is 4.74 Å².